The van der Waals surface area contributed by atoms with E-state index in [2.05, 4.69) is 142 Å². The maximum absolute atomic E-state index is 14.3. The van der Waals surface area contributed by atoms with Gasteiger partial charge in [0.25, 0.3) is 11.8 Å². The normalized spacial score (nSPS) is 23.5. The molecule has 8 aromatic rings. The van der Waals surface area contributed by atoms with Crippen LogP contribution in [0.3, 0.4) is 0 Å². The number of halogens is 2. The molecule has 4 aromatic heterocycles. The van der Waals surface area contributed by atoms with Crippen molar-refractivity contribution in [3.63, 3.8) is 0 Å². The van der Waals surface area contributed by atoms with Gasteiger partial charge in [-0.05, 0) is 142 Å². The van der Waals surface area contributed by atoms with Crippen molar-refractivity contribution in [2.24, 2.45) is 44.3 Å². The van der Waals surface area contributed by atoms with Crippen LogP contribution in [0.2, 0.25) is 10.0 Å². The molecule has 11 atom stereocenters. The molecule has 0 spiro atoms. The zero-order valence-corrected chi connectivity index (χ0v) is 91.1. The monoisotopic (exact) mass is 2090 g/mol. The van der Waals surface area contributed by atoms with Crippen LogP contribution in [-0.2, 0) is 33.5 Å². The van der Waals surface area contributed by atoms with Crippen LogP contribution in [-0.4, -0.2) is 278 Å². The molecule has 1 unspecified atom stereocenters. The van der Waals surface area contributed by atoms with Gasteiger partial charge in [-0.3, -0.25) is 48.2 Å². The van der Waals surface area contributed by atoms with Crippen molar-refractivity contribution >= 4 is 105 Å². The Labute approximate surface area is 881 Å². The average molecular weight is 2090 g/mol. The highest BCUT2D eigenvalue weighted by atomic mass is 35.5. The number of anilines is 2. The lowest BCUT2D eigenvalue weighted by molar-refractivity contribution is -0.164. The van der Waals surface area contributed by atoms with Gasteiger partial charge >= 0.3 is 0 Å². The molecule has 2 aliphatic carbocycles. The van der Waals surface area contributed by atoms with Crippen molar-refractivity contribution in [3.8, 4) is 44.5 Å². The van der Waals surface area contributed by atoms with Gasteiger partial charge in [-0.25, -0.2) is 19.9 Å². The predicted octanol–water partition coefficient (Wildman–Crippen LogP) is 13.9. The van der Waals surface area contributed by atoms with Crippen LogP contribution < -0.4 is 45.9 Å². The number of nitrogens with zero attached hydrogens (tertiary/aromatic N) is 13. The molecule has 7 fully saturated rings. The first-order valence-electron chi connectivity index (χ1n) is 51.0. The summed E-state index contributed by atoms with van der Waals surface area (Å²) in [7, 11) is 0. The molecule has 788 valence electrons. The number of benzene rings is 4. The first-order valence-corrected chi connectivity index (χ1v) is 53.5. The van der Waals surface area contributed by atoms with Crippen molar-refractivity contribution < 1.29 is 67.9 Å². The van der Waals surface area contributed by atoms with E-state index in [1.807, 2.05) is 135 Å². The number of hydrogen-bond acceptors (Lipinski definition) is 27. The smallest absolute Gasteiger partial charge is 0.253 e. The van der Waals surface area contributed by atoms with Gasteiger partial charge in [0.1, 0.15) is 72.2 Å². The number of rotatable bonds is 34. The van der Waals surface area contributed by atoms with Crippen LogP contribution >= 0.6 is 45.9 Å². The van der Waals surface area contributed by atoms with Gasteiger partial charge in [0.05, 0.1) is 109 Å². The second kappa shape index (κ2) is 46.6. The molecule has 15 rings (SSSR count). The number of carbonyl (C=O) groups excluding carboxylic acids is 8. The second-order valence-electron chi connectivity index (χ2n) is 45.4. The van der Waals surface area contributed by atoms with Crippen LogP contribution in [0.1, 0.15) is 216 Å². The molecule has 7 amide bonds. The molecular weight excluding hydrogens is 1940 g/mol. The van der Waals surface area contributed by atoms with Gasteiger partial charge in [-0.15, -0.1) is 22.7 Å². The summed E-state index contributed by atoms with van der Waals surface area (Å²) in [4.78, 5) is 145. The fraction of sp³-hybridized carbons (Fsp3) is 0.550. The van der Waals surface area contributed by atoms with Crippen molar-refractivity contribution in [1.29, 1.82) is 10.5 Å². The topological polar surface area (TPSA) is 407 Å². The number of nitriles is 2. The number of likely N-dealkylation sites (tertiary alicyclic amines) is 2. The van der Waals surface area contributed by atoms with E-state index in [0.717, 1.165) is 108 Å². The van der Waals surface area contributed by atoms with E-state index in [4.69, 9.17) is 47.4 Å². The first kappa shape index (κ1) is 112. The van der Waals surface area contributed by atoms with Gasteiger partial charge in [0.2, 0.25) is 29.5 Å². The first-order chi connectivity index (χ1) is 69.5. The number of nitrogens with one attached hydrogen (secondary N) is 5. The largest absolute Gasteiger partial charge is 0.489 e. The summed E-state index contributed by atoms with van der Waals surface area (Å²) in [6, 6.07) is 33.3. The van der Waals surface area contributed by atoms with Crippen LogP contribution in [0.25, 0.3) is 20.9 Å². The molecule has 0 radical (unpaired) electrons. The van der Waals surface area contributed by atoms with Crippen LogP contribution in [0.15, 0.2) is 133 Å². The van der Waals surface area contributed by atoms with Gasteiger partial charge in [-0.1, -0.05) is 169 Å². The van der Waals surface area contributed by atoms with E-state index in [-0.39, 0.29) is 147 Å². The number of hydrogen-bond donors (Lipinski definition) is 8. The zero-order valence-electron chi connectivity index (χ0n) is 87.9. The zero-order chi connectivity index (χ0) is 106. The number of carbonyl (C=O) groups is 8. The predicted molar refractivity (Wildman–Crippen MR) is 569 cm³/mol. The van der Waals surface area contributed by atoms with E-state index in [1.165, 1.54) is 21.1 Å². The minimum absolute atomic E-state index is 0.0138. The fourth-order valence-corrected chi connectivity index (χ4v) is 25.2. The minimum Gasteiger partial charge on any atom is -0.489 e. The Hall–Kier alpha value is -11.1. The second-order valence-corrected chi connectivity index (χ2v) is 47.9. The van der Waals surface area contributed by atoms with Crippen molar-refractivity contribution in [2.75, 3.05) is 115 Å². The van der Waals surface area contributed by atoms with Crippen molar-refractivity contribution in [1.82, 2.24) is 71.0 Å². The molecule has 2 saturated carbocycles. The standard InChI is InChI=1S/C56H73ClN10O6S.C55H71ClN8O8S/c1-34(37-10-12-38(13-11-37)47-35(2)60-33-74-47)61-50(71)44-26-41(68)31-67(44)51(72)48(54(3,4)5)62-46(69)32-65-24-22-64(23-25-65)20-18-36-19-21-66(30-36)45-17-15-40(29-59-45)49(70)63-52-55(6,7)53(56(52,8)9)73-42-16-14-39(28-58)43(57)27-42;1-32-26-62(46-18-16-38(25-58-46)48(68)61-51-54(7,8)52(55(51,9)10)72-41-17-15-37(24-57)43(56)23-41)27-33(2)63(32)19-20-71-30-40(67)21-42(53(4,5)6)50(70)64-28-39(66)22-45(64)49(69)60-44(29-65)35-11-13-36(14-12-35)47-34(3)59-31-73-47/h10-17,27,29,33-34,36,41,44,48,52-53,68H,18-26,30-32H2,1-9H3,(H,61,71)(H,62,69)(H,63,70);11-18,23,25,31-33,39,42,44-45,51-52,65-66H,19-22,26-30H2,1-10H3,(H,60,69)(H,61,68)/t34-,36?,41+,44-,48-,52?,53?;32-,33+,39-,42-,44+,45+,51?,52?/m01/s1. The number of aliphatic hydroxyl groups excluding tert-OH is 3. The Bertz CT molecular complexity index is 6070. The van der Waals surface area contributed by atoms with Crippen molar-refractivity contribution in [3.05, 3.63) is 187 Å². The molecule has 5 saturated heterocycles. The number of ketones is 1. The average Bonchev–Trinajstić information content (AvgIpc) is 1.06. The highest BCUT2D eigenvalue weighted by Crippen LogP contribution is 2.57. The quantitative estimate of drug-likeness (QED) is 0.0174. The van der Waals surface area contributed by atoms with E-state index >= 15 is 0 Å². The number of piperazine rings is 2. The Balaban J connectivity index is 0.000000232. The molecule has 7 aliphatic rings. The van der Waals surface area contributed by atoms with E-state index < -0.39 is 69.9 Å². The van der Waals surface area contributed by atoms with Crippen LogP contribution in [0, 0.1) is 80.8 Å². The summed E-state index contributed by atoms with van der Waals surface area (Å²) in [5.41, 5.74) is 8.00. The molecule has 32 nitrogen and oxygen atoms in total. The highest BCUT2D eigenvalue weighted by Gasteiger charge is 2.66. The summed E-state index contributed by atoms with van der Waals surface area (Å²) in [5.74, 6) is 0.0604. The number of aryl methyl sites for hydroxylation is 2. The Morgan fingerprint density at radius 3 is 1.47 bits per heavy atom. The van der Waals surface area contributed by atoms with E-state index in [9.17, 15) is 64.2 Å². The Morgan fingerprint density at radius 2 is 1.03 bits per heavy atom. The fourth-order valence-electron chi connectivity index (χ4n) is 23.1. The molecule has 0 bridgehead atoms. The van der Waals surface area contributed by atoms with Gasteiger partial charge in [-0.2, -0.15) is 10.5 Å². The van der Waals surface area contributed by atoms with E-state index in [1.54, 1.807) is 71.7 Å². The number of aliphatic hydroxyl groups is 3. The molecular formula is C111H144Cl2N18O14S2. The number of Topliss-reactive ketones (excluding diaryl/α,β-unsaturated/α-hetero) is 1. The molecule has 4 aromatic carbocycles. The minimum atomic E-state index is -0.976. The summed E-state index contributed by atoms with van der Waals surface area (Å²) in [6.45, 7) is 45.8. The van der Waals surface area contributed by atoms with Gasteiger partial charge in [0.15, 0.2) is 5.78 Å². The third-order valence-electron chi connectivity index (χ3n) is 30.9. The Kier molecular flexibility index (Phi) is 35.3. The lowest BCUT2D eigenvalue weighted by Gasteiger charge is -2.63. The summed E-state index contributed by atoms with van der Waals surface area (Å²) in [6.07, 6.45) is 3.25. The number of amides is 7. The molecule has 8 N–H and O–H groups in total. The van der Waals surface area contributed by atoms with Crippen LogP contribution in [0.5, 0.6) is 11.5 Å². The van der Waals surface area contributed by atoms with Gasteiger partial charge < -0.3 is 80.6 Å². The number of thiazole rings is 2. The molecule has 147 heavy (non-hydrogen) atoms. The number of aromatic nitrogens is 4. The molecule has 5 aliphatic heterocycles. The number of pyridine rings is 2. The van der Waals surface area contributed by atoms with Crippen molar-refractivity contribution in [2.45, 2.75) is 242 Å². The van der Waals surface area contributed by atoms with Gasteiger partial charge in [0, 0.05) is 168 Å². The number of β-amino-alcohol motifs (C(OH)–C–C–N with tert-alkyl or cyclic N) is 2. The maximum atomic E-state index is 14.3. The lowest BCUT2D eigenvalue weighted by Crippen LogP contribution is -2.74. The maximum Gasteiger partial charge on any atom is 0.253 e. The lowest BCUT2D eigenvalue weighted by atomic mass is 9.49. The third kappa shape index (κ3) is 25.8. The van der Waals surface area contributed by atoms with E-state index in [0.29, 0.717) is 81.5 Å². The summed E-state index contributed by atoms with van der Waals surface area (Å²) >= 11 is 15.7. The Morgan fingerprint density at radius 1 is 0.558 bits per heavy atom. The molecule has 36 heteroatoms. The van der Waals surface area contributed by atoms with Crippen LogP contribution in [0.4, 0.5) is 11.6 Å². The highest BCUT2D eigenvalue weighted by molar-refractivity contribution is 7.13. The molecule has 9 heterocycles. The third-order valence-corrected chi connectivity index (χ3v) is 33.5. The SMILES string of the molecule is Cc1ncsc1-c1ccc([C@H](C)NC(=O)[C@@H]2C[C@@H](O)CN2C(=O)[C@H](NC(=O)CN2CCN(CCC3CCN(c4ccc(C(=O)NC5C(C)(C)C(Oc6ccc(C#N)c(Cl)c6)C5(C)C)cn4)C3)CC2)C(C)(C)C)cc1.Cc1ncsc1-c1ccc([C@H](CO)NC(=O)[C@@H]2C[C@@H](O)CN2C(=O)[C@@H](CC(=O)COCCN2[C@H](C)CN(c3ccc(C(=O)NC4C(C)(C)C(Oc5ccc(C#N)c(Cl)c5)C4(C)C)cn3)C[C@@H]2C)C(C)(C)C)cc1. The summed E-state index contributed by atoms with van der Waals surface area (Å²) < 4.78 is 18.7. The summed E-state index contributed by atoms with van der Waals surface area (Å²) in [5, 5.41) is 66.5. The number of ether oxygens (including phenoxy) is 3.